The fraction of sp³-hybridized carbons (Fsp3) is 0.818. The zero-order chi connectivity index (χ0) is 13.4. The van der Waals surface area contributed by atoms with E-state index in [0.717, 1.165) is 0 Å². The number of carboxylic acid groups (broad SMARTS) is 1. The van der Waals surface area contributed by atoms with Crippen LogP contribution in [0.4, 0.5) is 0 Å². The Kier molecular flexibility index (Phi) is 3.50. The van der Waals surface area contributed by atoms with Crippen molar-refractivity contribution < 1.29 is 24.6 Å². The van der Waals surface area contributed by atoms with Gasteiger partial charge in [-0.2, -0.15) is 5.06 Å². The van der Waals surface area contributed by atoms with Gasteiger partial charge in [0.1, 0.15) is 6.10 Å². The van der Waals surface area contributed by atoms with Crippen molar-refractivity contribution in [2.24, 2.45) is 0 Å². The number of carbonyl (C=O) groups excluding carboxylic acids is 1. The summed E-state index contributed by atoms with van der Waals surface area (Å²) in [6, 6.07) is 0. The summed E-state index contributed by atoms with van der Waals surface area (Å²) in [5.74, 6) is -2.83. The van der Waals surface area contributed by atoms with Crippen LogP contribution in [0, 0.1) is 0 Å². The summed E-state index contributed by atoms with van der Waals surface area (Å²) >= 11 is 0. The molecule has 6 nitrogen and oxygen atoms in total. The lowest BCUT2D eigenvalue weighted by Crippen LogP contribution is -2.60. The van der Waals surface area contributed by atoms with Crippen molar-refractivity contribution in [1.29, 1.82) is 0 Å². The van der Waals surface area contributed by atoms with Gasteiger partial charge >= 0.3 is 11.9 Å². The molecule has 0 saturated carbocycles. The van der Waals surface area contributed by atoms with Crippen molar-refractivity contribution >= 4 is 11.9 Å². The van der Waals surface area contributed by atoms with Gasteiger partial charge in [-0.1, -0.05) is 0 Å². The predicted octanol–water partition coefficient (Wildman–Crippen LogP) is 1.03. The first-order valence-corrected chi connectivity index (χ1v) is 5.49. The third kappa shape index (κ3) is 2.95. The number of rotatable bonds is 1. The lowest BCUT2D eigenvalue weighted by Gasteiger charge is -2.50. The fourth-order valence-electron chi connectivity index (χ4n) is 2.46. The van der Waals surface area contributed by atoms with Crippen molar-refractivity contribution in [3.63, 3.8) is 0 Å². The number of hydrogen-bond donors (Lipinski definition) is 2. The summed E-state index contributed by atoms with van der Waals surface area (Å²) in [6.07, 6.45) is 0.296. The van der Waals surface area contributed by atoms with Crippen molar-refractivity contribution in [2.45, 2.75) is 57.7 Å². The second kappa shape index (κ2) is 4.27. The third-order valence-corrected chi connectivity index (χ3v) is 3.05. The van der Waals surface area contributed by atoms with Gasteiger partial charge in [-0.3, -0.25) is 0 Å². The first kappa shape index (κ1) is 13.9. The van der Waals surface area contributed by atoms with Crippen LogP contribution >= 0.6 is 0 Å². The lowest BCUT2D eigenvalue weighted by molar-refractivity contribution is -0.259. The van der Waals surface area contributed by atoms with Crippen molar-refractivity contribution in [3.8, 4) is 0 Å². The summed E-state index contributed by atoms with van der Waals surface area (Å²) < 4.78 is 4.90. The molecule has 1 rings (SSSR count). The summed E-state index contributed by atoms with van der Waals surface area (Å²) in [6.45, 7) is 7.26. The average molecular weight is 245 g/mol. The summed E-state index contributed by atoms with van der Waals surface area (Å²) in [7, 11) is 0. The number of esters is 1. The van der Waals surface area contributed by atoms with E-state index < -0.39 is 29.1 Å². The van der Waals surface area contributed by atoms with Gasteiger partial charge in [-0.15, -0.1) is 0 Å². The number of hydrogen-bond acceptors (Lipinski definition) is 5. The molecule has 0 radical (unpaired) electrons. The standard InChI is InChI=1S/C11H19NO5/c1-10(2)5-7(17-9(15)8(13)14)6-11(3,4)12(10)16/h7,16H,5-6H2,1-4H3,(H,13,14). The van der Waals surface area contributed by atoms with Gasteiger partial charge in [0.25, 0.3) is 0 Å². The van der Waals surface area contributed by atoms with E-state index in [1.54, 1.807) is 0 Å². The van der Waals surface area contributed by atoms with E-state index in [-0.39, 0.29) is 0 Å². The van der Waals surface area contributed by atoms with Crippen LogP contribution in [0.5, 0.6) is 0 Å². The van der Waals surface area contributed by atoms with Gasteiger partial charge < -0.3 is 15.1 Å². The SMILES string of the molecule is CC1(C)CC(OC(=O)C(=O)O)CC(C)(C)N1O. The summed E-state index contributed by atoms with van der Waals surface area (Å²) in [5, 5.41) is 19.7. The van der Waals surface area contributed by atoms with Crippen LogP contribution in [0.15, 0.2) is 0 Å². The Hall–Kier alpha value is -1.14. The van der Waals surface area contributed by atoms with Gasteiger partial charge in [-0.05, 0) is 27.7 Å². The van der Waals surface area contributed by atoms with E-state index >= 15 is 0 Å². The van der Waals surface area contributed by atoms with Crippen LogP contribution in [-0.4, -0.2) is 44.5 Å². The zero-order valence-electron chi connectivity index (χ0n) is 10.6. The van der Waals surface area contributed by atoms with Crippen LogP contribution < -0.4 is 0 Å². The minimum Gasteiger partial charge on any atom is -0.473 e. The molecule has 0 aromatic heterocycles. The number of carboxylic acids is 1. The van der Waals surface area contributed by atoms with E-state index in [9.17, 15) is 14.8 Å². The molecule has 2 N–H and O–H groups in total. The van der Waals surface area contributed by atoms with E-state index in [0.29, 0.717) is 12.8 Å². The van der Waals surface area contributed by atoms with Crippen LogP contribution in [0.1, 0.15) is 40.5 Å². The quantitative estimate of drug-likeness (QED) is 0.530. The smallest absolute Gasteiger partial charge is 0.417 e. The third-order valence-electron chi connectivity index (χ3n) is 3.05. The minimum absolute atomic E-state index is 0.395. The summed E-state index contributed by atoms with van der Waals surface area (Å²) in [5.41, 5.74) is -1.13. The molecule has 0 bridgehead atoms. The van der Waals surface area contributed by atoms with Crippen LogP contribution in [-0.2, 0) is 14.3 Å². The topological polar surface area (TPSA) is 87.1 Å². The molecule has 17 heavy (non-hydrogen) atoms. The maximum atomic E-state index is 11.0. The Morgan fingerprint density at radius 3 is 1.94 bits per heavy atom. The molecule has 1 heterocycles. The number of carbonyl (C=O) groups is 2. The molecule has 1 aliphatic heterocycles. The molecular weight excluding hydrogens is 226 g/mol. The van der Waals surface area contributed by atoms with Crippen molar-refractivity contribution in [2.75, 3.05) is 0 Å². The molecule has 0 aliphatic carbocycles. The van der Waals surface area contributed by atoms with Gasteiger partial charge in [-0.25, -0.2) is 9.59 Å². The van der Waals surface area contributed by atoms with E-state index in [1.165, 1.54) is 5.06 Å². The van der Waals surface area contributed by atoms with E-state index in [4.69, 9.17) is 9.84 Å². The number of ether oxygens (including phenoxy) is 1. The Labute approximate surface area is 100 Å². The maximum absolute atomic E-state index is 11.0. The first-order chi connectivity index (χ1) is 7.56. The molecule has 1 fully saturated rings. The first-order valence-electron chi connectivity index (χ1n) is 5.49. The molecule has 98 valence electrons. The molecule has 1 aliphatic rings. The molecule has 1 saturated heterocycles. The predicted molar refractivity (Wildman–Crippen MR) is 58.5 cm³/mol. The Morgan fingerprint density at radius 2 is 1.59 bits per heavy atom. The Bertz CT molecular complexity index is 319. The van der Waals surface area contributed by atoms with Gasteiger partial charge in [0, 0.05) is 23.9 Å². The molecule has 0 aromatic carbocycles. The Balaban J connectivity index is 2.78. The lowest BCUT2D eigenvalue weighted by atomic mass is 9.80. The van der Waals surface area contributed by atoms with Crippen molar-refractivity contribution in [3.05, 3.63) is 0 Å². The molecule has 0 unspecified atom stereocenters. The monoisotopic (exact) mass is 245 g/mol. The van der Waals surface area contributed by atoms with Crippen LogP contribution in [0.2, 0.25) is 0 Å². The highest BCUT2D eigenvalue weighted by atomic mass is 16.6. The second-order valence-electron chi connectivity index (χ2n) is 5.68. The average Bonchev–Trinajstić information content (AvgIpc) is 2.12. The molecule has 0 amide bonds. The molecule has 0 atom stereocenters. The maximum Gasteiger partial charge on any atom is 0.417 e. The molecular formula is C11H19NO5. The van der Waals surface area contributed by atoms with Gasteiger partial charge in [0.05, 0.1) is 0 Å². The highest BCUT2D eigenvalue weighted by molar-refractivity contribution is 6.28. The zero-order valence-corrected chi connectivity index (χ0v) is 10.6. The van der Waals surface area contributed by atoms with Gasteiger partial charge in [0.2, 0.25) is 0 Å². The second-order valence-corrected chi connectivity index (χ2v) is 5.68. The van der Waals surface area contributed by atoms with E-state index in [1.807, 2.05) is 27.7 Å². The normalized spacial score (nSPS) is 24.3. The molecule has 0 spiro atoms. The number of aliphatic carboxylic acids is 1. The largest absolute Gasteiger partial charge is 0.473 e. The highest BCUT2D eigenvalue weighted by Gasteiger charge is 2.46. The number of hydroxylamine groups is 2. The number of piperidine rings is 1. The van der Waals surface area contributed by atoms with Gasteiger partial charge in [0.15, 0.2) is 0 Å². The highest BCUT2D eigenvalue weighted by Crippen LogP contribution is 2.37. The van der Waals surface area contributed by atoms with Crippen LogP contribution in [0.25, 0.3) is 0 Å². The van der Waals surface area contributed by atoms with Crippen molar-refractivity contribution in [1.82, 2.24) is 5.06 Å². The van der Waals surface area contributed by atoms with Crippen LogP contribution in [0.3, 0.4) is 0 Å². The minimum atomic E-state index is -1.59. The fourth-order valence-corrected chi connectivity index (χ4v) is 2.46. The molecule has 0 aromatic rings. The Morgan fingerprint density at radius 1 is 1.18 bits per heavy atom. The molecule has 6 heteroatoms. The summed E-state index contributed by atoms with van der Waals surface area (Å²) in [4.78, 5) is 21.4. The number of nitrogens with zero attached hydrogens (tertiary/aromatic N) is 1. The van der Waals surface area contributed by atoms with E-state index in [2.05, 4.69) is 0 Å².